The Morgan fingerprint density at radius 3 is 2.75 bits per heavy atom. The maximum atomic E-state index is 12.5. The fourth-order valence-corrected chi connectivity index (χ4v) is 1.92. The standard InChI is InChI=1S/C14H18N2O4/c1-14(2,13(18)19)16(3)12(17)9-5-4-6-10-11(9)20-8-7-15-10/h4-6,15H,7-8H2,1-3H3,(H,18,19). The number of amides is 1. The van der Waals surface area contributed by atoms with Gasteiger partial charge in [-0.3, -0.25) is 4.79 Å². The first-order chi connectivity index (χ1) is 9.35. The topological polar surface area (TPSA) is 78.9 Å². The average Bonchev–Trinajstić information content (AvgIpc) is 2.44. The smallest absolute Gasteiger partial charge is 0.329 e. The zero-order valence-electron chi connectivity index (χ0n) is 11.8. The maximum absolute atomic E-state index is 12.5. The van der Waals surface area contributed by atoms with Crippen LogP contribution in [0.4, 0.5) is 5.69 Å². The summed E-state index contributed by atoms with van der Waals surface area (Å²) in [4.78, 5) is 25.0. The lowest BCUT2D eigenvalue weighted by molar-refractivity contribution is -0.147. The molecule has 0 aromatic heterocycles. The Hall–Kier alpha value is -2.24. The molecule has 1 aromatic carbocycles. The van der Waals surface area contributed by atoms with Crippen molar-refractivity contribution in [1.29, 1.82) is 0 Å². The molecule has 20 heavy (non-hydrogen) atoms. The molecule has 1 aliphatic rings. The van der Waals surface area contributed by atoms with Gasteiger partial charge in [0.1, 0.15) is 12.1 Å². The monoisotopic (exact) mass is 278 g/mol. The lowest BCUT2D eigenvalue weighted by atomic mass is 10.0. The molecule has 0 bridgehead atoms. The summed E-state index contributed by atoms with van der Waals surface area (Å²) in [6.45, 7) is 4.13. The Bertz CT molecular complexity index is 554. The summed E-state index contributed by atoms with van der Waals surface area (Å²) in [6.07, 6.45) is 0. The van der Waals surface area contributed by atoms with Crippen molar-refractivity contribution in [3.05, 3.63) is 23.8 Å². The molecule has 6 nitrogen and oxygen atoms in total. The molecule has 1 aliphatic heterocycles. The number of carbonyl (C=O) groups is 2. The van der Waals surface area contributed by atoms with E-state index in [0.29, 0.717) is 24.5 Å². The van der Waals surface area contributed by atoms with Crippen LogP contribution in [0.5, 0.6) is 5.75 Å². The van der Waals surface area contributed by atoms with Gasteiger partial charge in [0.2, 0.25) is 0 Å². The van der Waals surface area contributed by atoms with Crippen molar-refractivity contribution >= 4 is 17.6 Å². The van der Waals surface area contributed by atoms with Gasteiger partial charge in [-0.2, -0.15) is 0 Å². The van der Waals surface area contributed by atoms with E-state index in [4.69, 9.17) is 4.74 Å². The first-order valence-electron chi connectivity index (χ1n) is 6.37. The quantitative estimate of drug-likeness (QED) is 0.874. The zero-order chi connectivity index (χ0) is 14.9. The molecule has 2 N–H and O–H groups in total. The van der Waals surface area contributed by atoms with Crippen molar-refractivity contribution in [2.75, 3.05) is 25.5 Å². The number of para-hydroxylation sites is 1. The lowest BCUT2D eigenvalue weighted by Gasteiger charge is -2.32. The van der Waals surface area contributed by atoms with Crippen LogP contribution >= 0.6 is 0 Å². The van der Waals surface area contributed by atoms with Crippen LogP contribution < -0.4 is 10.1 Å². The molecular formula is C14H18N2O4. The van der Waals surface area contributed by atoms with E-state index in [1.807, 2.05) is 6.07 Å². The molecule has 0 saturated carbocycles. The molecule has 0 fully saturated rings. The van der Waals surface area contributed by atoms with Crippen LogP contribution in [0.3, 0.4) is 0 Å². The minimum atomic E-state index is -1.29. The second-order valence-corrected chi connectivity index (χ2v) is 5.19. The predicted octanol–water partition coefficient (Wildman–Crippen LogP) is 1.43. The van der Waals surface area contributed by atoms with Crippen molar-refractivity contribution in [1.82, 2.24) is 4.90 Å². The largest absolute Gasteiger partial charge is 0.489 e. The van der Waals surface area contributed by atoms with E-state index in [0.717, 1.165) is 5.69 Å². The first-order valence-corrected chi connectivity index (χ1v) is 6.37. The lowest BCUT2D eigenvalue weighted by Crippen LogP contribution is -2.50. The number of nitrogens with zero attached hydrogens (tertiary/aromatic N) is 1. The summed E-state index contributed by atoms with van der Waals surface area (Å²) in [5.41, 5.74) is -0.169. The number of fused-ring (bicyclic) bond motifs is 1. The maximum Gasteiger partial charge on any atom is 0.329 e. The number of carboxylic acid groups (broad SMARTS) is 1. The number of anilines is 1. The average molecular weight is 278 g/mol. The van der Waals surface area contributed by atoms with Crippen molar-refractivity contribution in [3.8, 4) is 5.75 Å². The fraction of sp³-hybridized carbons (Fsp3) is 0.429. The summed E-state index contributed by atoms with van der Waals surface area (Å²) in [5.74, 6) is -0.952. The molecule has 0 saturated heterocycles. The minimum Gasteiger partial charge on any atom is -0.489 e. The number of ether oxygens (including phenoxy) is 1. The van der Waals surface area contributed by atoms with Crippen LogP contribution in [0.15, 0.2) is 18.2 Å². The van der Waals surface area contributed by atoms with Gasteiger partial charge in [0.05, 0.1) is 11.3 Å². The van der Waals surface area contributed by atoms with Gasteiger partial charge in [-0.15, -0.1) is 0 Å². The van der Waals surface area contributed by atoms with E-state index in [2.05, 4.69) is 5.32 Å². The molecule has 0 spiro atoms. The SMILES string of the molecule is CN(C(=O)c1cccc2c1OCCN2)C(C)(C)C(=O)O. The van der Waals surface area contributed by atoms with E-state index in [1.54, 1.807) is 12.1 Å². The number of rotatable bonds is 3. The van der Waals surface area contributed by atoms with E-state index >= 15 is 0 Å². The van der Waals surface area contributed by atoms with Crippen molar-refractivity contribution in [2.24, 2.45) is 0 Å². The molecule has 2 rings (SSSR count). The van der Waals surface area contributed by atoms with Crippen LogP contribution in [0.1, 0.15) is 24.2 Å². The number of carboxylic acids is 1. The number of aliphatic carboxylic acids is 1. The molecule has 1 heterocycles. The highest BCUT2D eigenvalue weighted by Gasteiger charge is 2.36. The van der Waals surface area contributed by atoms with Gasteiger partial charge >= 0.3 is 5.97 Å². The molecule has 0 aliphatic carbocycles. The second-order valence-electron chi connectivity index (χ2n) is 5.19. The van der Waals surface area contributed by atoms with Gasteiger partial charge in [-0.05, 0) is 26.0 Å². The van der Waals surface area contributed by atoms with Gasteiger partial charge in [-0.1, -0.05) is 6.07 Å². The Kier molecular flexibility index (Phi) is 3.57. The van der Waals surface area contributed by atoms with Crippen LogP contribution in [-0.2, 0) is 4.79 Å². The molecule has 0 atom stereocenters. The fourth-order valence-electron chi connectivity index (χ4n) is 1.92. The van der Waals surface area contributed by atoms with Gasteiger partial charge in [0.25, 0.3) is 5.91 Å². The number of carbonyl (C=O) groups excluding carboxylic acids is 1. The van der Waals surface area contributed by atoms with Gasteiger partial charge < -0.3 is 20.1 Å². The minimum absolute atomic E-state index is 0.367. The highest BCUT2D eigenvalue weighted by Crippen LogP contribution is 2.32. The first kappa shape index (κ1) is 14.2. The van der Waals surface area contributed by atoms with Crippen molar-refractivity contribution in [2.45, 2.75) is 19.4 Å². The van der Waals surface area contributed by atoms with Crippen LogP contribution in [0.2, 0.25) is 0 Å². The molecule has 1 amide bonds. The zero-order valence-corrected chi connectivity index (χ0v) is 11.8. The molecule has 108 valence electrons. The molecule has 0 radical (unpaired) electrons. The summed E-state index contributed by atoms with van der Waals surface area (Å²) < 4.78 is 5.54. The predicted molar refractivity (Wildman–Crippen MR) is 74.2 cm³/mol. The van der Waals surface area contributed by atoms with Gasteiger partial charge in [0.15, 0.2) is 5.75 Å². The third-order valence-electron chi connectivity index (χ3n) is 3.58. The van der Waals surface area contributed by atoms with Gasteiger partial charge in [0, 0.05) is 13.6 Å². The van der Waals surface area contributed by atoms with E-state index in [1.165, 1.54) is 25.8 Å². The van der Waals surface area contributed by atoms with Crippen molar-refractivity contribution < 1.29 is 19.4 Å². The van der Waals surface area contributed by atoms with E-state index in [9.17, 15) is 14.7 Å². The Morgan fingerprint density at radius 2 is 2.10 bits per heavy atom. The van der Waals surface area contributed by atoms with Crippen LogP contribution in [0, 0.1) is 0 Å². The molecule has 1 aromatic rings. The second kappa shape index (κ2) is 5.03. The van der Waals surface area contributed by atoms with Crippen molar-refractivity contribution in [3.63, 3.8) is 0 Å². The number of hydrogen-bond acceptors (Lipinski definition) is 4. The van der Waals surface area contributed by atoms with Crippen LogP contribution in [0.25, 0.3) is 0 Å². The molecule has 6 heteroatoms. The number of likely N-dealkylation sites (N-methyl/N-ethyl adjacent to an activating group) is 1. The Morgan fingerprint density at radius 1 is 1.40 bits per heavy atom. The Labute approximate surface area is 117 Å². The number of hydrogen-bond donors (Lipinski definition) is 2. The third kappa shape index (κ3) is 2.29. The van der Waals surface area contributed by atoms with Gasteiger partial charge in [-0.25, -0.2) is 4.79 Å². The molecule has 0 unspecified atom stereocenters. The van der Waals surface area contributed by atoms with E-state index < -0.39 is 11.5 Å². The van der Waals surface area contributed by atoms with Crippen LogP contribution in [-0.4, -0.2) is 47.6 Å². The summed E-state index contributed by atoms with van der Waals surface area (Å²) in [5, 5.41) is 12.4. The third-order valence-corrected chi connectivity index (χ3v) is 3.58. The number of nitrogens with one attached hydrogen (secondary N) is 1. The van der Waals surface area contributed by atoms with E-state index in [-0.39, 0.29) is 5.91 Å². The Balaban J connectivity index is 2.37. The normalized spacial score (nSPS) is 13.8. The summed E-state index contributed by atoms with van der Waals surface area (Å²) in [6, 6.07) is 5.21. The molecular weight excluding hydrogens is 260 g/mol. The number of benzene rings is 1. The highest BCUT2D eigenvalue weighted by atomic mass is 16.5. The highest BCUT2D eigenvalue weighted by molar-refractivity contribution is 6.01. The summed E-state index contributed by atoms with van der Waals surface area (Å²) in [7, 11) is 1.48. The summed E-state index contributed by atoms with van der Waals surface area (Å²) >= 11 is 0.